The number of ether oxygens (including phenoxy) is 3. The lowest BCUT2D eigenvalue weighted by Crippen LogP contribution is -2.48. The molecule has 0 unspecified atom stereocenters. The molecule has 3 heterocycles. The van der Waals surface area contributed by atoms with Gasteiger partial charge in [0.2, 0.25) is 0 Å². The third-order valence-corrected chi connectivity index (χ3v) is 6.10. The fraction of sp³-hybridized carbons (Fsp3) is 0.478. The molecule has 1 aliphatic heterocycles. The van der Waals surface area contributed by atoms with Crippen LogP contribution in [-0.4, -0.2) is 89.6 Å². The molecule has 0 aliphatic carbocycles. The first-order valence-corrected chi connectivity index (χ1v) is 11.0. The van der Waals surface area contributed by atoms with E-state index in [4.69, 9.17) is 19.3 Å². The van der Waals surface area contributed by atoms with Gasteiger partial charge in [-0.15, -0.1) is 10.2 Å². The van der Waals surface area contributed by atoms with Gasteiger partial charge in [-0.05, 0) is 31.2 Å². The Kier molecular flexibility index (Phi) is 6.75. The van der Waals surface area contributed by atoms with Crippen molar-refractivity contribution in [1.29, 1.82) is 0 Å². The molecule has 1 aliphatic rings. The molecule has 1 fully saturated rings. The van der Waals surface area contributed by atoms with E-state index in [0.29, 0.717) is 47.3 Å². The van der Waals surface area contributed by atoms with Crippen LogP contribution in [0.2, 0.25) is 0 Å². The van der Waals surface area contributed by atoms with Crippen molar-refractivity contribution in [3.63, 3.8) is 0 Å². The first-order chi connectivity index (χ1) is 16.0. The first kappa shape index (κ1) is 22.9. The van der Waals surface area contributed by atoms with E-state index < -0.39 is 0 Å². The number of hydrogen-bond acceptors (Lipinski definition) is 8. The second-order valence-electron chi connectivity index (χ2n) is 7.92. The summed E-state index contributed by atoms with van der Waals surface area (Å²) >= 11 is 0. The van der Waals surface area contributed by atoms with Gasteiger partial charge >= 0.3 is 0 Å². The Morgan fingerprint density at radius 1 is 1.03 bits per heavy atom. The van der Waals surface area contributed by atoms with E-state index in [9.17, 15) is 4.79 Å². The van der Waals surface area contributed by atoms with Crippen molar-refractivity contribution >= 4 is 11.6 Å². The predicted octanol–water partition coefficient (Wildman–Crippen LogP) is 2.04. The number of hydrogen-bond donors (Lipinski definition) is 0. The van der Waals surface area contributed by atoms with Crippen LogP contribution in [0.1, 0.15) is 28.8 Å². The summed E-state index contributed by atoms with van der Waals surface area (Å²) in [5, 5.41) is 13.5. The van der Waals surface area contributed by atoms with Crippen LogP contribution in [0.15, 0.2) is 18.2 Å². The molecule has 0 spiro atoms. The molecule has 3 aromatic rings. The number of carbonyl (C=O) groups excluding carboxylic acids is 1. The normalized spacial score (nSPS) is 14.6. The minimum absolute atomic E-state index is 0.117. The van der Waals surface area contributed by atoms with Gasteiger partial charge in [0.15, 0.2) is 22.8 Å². The lowest BCUT2D eigenvalue weighted by atomic mass is 10.1. The van der Waals surface area contributed by atoms with Gasteiger partial charge in [-0.3, -0.25) is 4.79 Å². The molecule has 10 nitrogen and oxygen atoms in total. The summed E-state index contributed by atoms with van der Waals surface area (Å²) in [5.41, 5.74) is 3.84. The standard InChI is InChI=1S/C23H30N6O4/c1-6-27-9-11-28(12-10-27)23(30)21-15(2)29-22(25-24-21)20(17(26-29)14-31-3)16-7-8-18(32-4)19(13-16)33-5/h7-8,13H,6,9-12,14H2,1-5H3. The Hall–Kier alpha value is -3.24. The fourth-order valence-corrected chi connectivity index (χ4v) is 4.19. The van der Waals surface area contributed by atoms with Gasteiger partial charge in [-0.25, -0.2) is 4.52 Å². The number of methoxy groups -OCH3 is 3. The van der Waals surface area contributed by atoms with Gasteiger partial charge in [-0.1, -0.05) is 13.0 Å². The largest absolute Gasteiger partial charge is 0.493 e. The predicted molar refractivity (Wildman–Crippen MR) is 123 cm³/mol. The number of likely N-dealkylation sites (N-methyl/N-ethyl adjacent to an activating group) is 1. The van der Waals surface area contributed by atoms with Crippen LogP contribution in [0.3, 0.4) is 0 Å². The van der Waals surface area contributed by atoms with E-state index in [-0.39, 0.29) is 12.5 Å². The maximum absolute atomic E-state index is 13.2. The molecule has 2 aromatic heterocycles. The third-order valence-electron chi connectivity index (χ3n) is 6.10. The van der Waals surface area contributed by atoms with Crippen LogP contribution in [0.25, 0.3) is 16.8 Å². The van der Waals surface area contributed by atoms with Gasteiger partial charge < -0.3 is 24.0 Å². The van der Waals surface area contributed by atoms with Gasteiger partial charge in [0.1, 0.15) is 0 Å². The number of benzene rings is 1. The van der Waals surface area contributed by atoms with E-state index in [1.54, 1.807) is 25.8 Å². The quantitative estimate of drug-likeness (QED) is 0.535. The number of rotatable bonds is 7. The Morgan fingerprint density at radius 2 is 1.76 bits per heavy atom. The third kappa shape index (κ3) is 4.23. The average Bonchev–Trinajstić information content (AvgIpc) is 3.22. The summed E-state index contributed by atoms with van der Waals surface area (Å²) < 4.78 is 17.9. The maximum Gasteiger partial charge on any atom is 0.276 e. The molecule has 0 bridgehead atoms. The van der Waals surface area contributed by atoms with E-state index in [0.717, 1.165) is 30.8 Å². The molecule has 1 aromatic carbocycles. The van der Waals surface area contributed by atoms with Crippen molar-refractivity contribution in [2.45, 2.75) is 20.5 Å². The molecule has 10 heteroatoms. The molecule has 176 valence electrons. The summed E-state index contributed by atoms with van der Waals surface area (Å²) in [7, 11) is 4.81. The van der Waals surface area contributed by atoms with Crippen LogP contribution in [-0.2, 0) is 11.3 Å². The van der Waals surface area contributed by atoms with Crippen LogP contribution >= 0.6 is 0 Å². The van der Waals surface area contributed by atoms with Gasteiger partial charge in [0.25, 0.3) is 5.91 Å². The number of piperazine rings is 1. The highest BCUT2D eigenvalue weighted by molar-refractivity contribution is 5.94. The lowest BCUT2D eigenvalue weighted by Gasteiger charge is -2.33. The van der Waals surface area contributed by atoms with Gasteiger partial charge in [-0.2, -0.15) is 5.10 Å². The maximum atomic E-state index is 13.2. The number of carbonyl (C=O) groups is 1. The number of aryl methyl sites for hydroxylation is 1. The smallest absolute Gasteiger partial charge is 0.276 e. The Labute approximate surface area is 193 Å². The van der Waals surface area contributed by atoms with E-state index in [2.05, 4.69) is 22.0 Å². The molecule has 1 saturated heterocycles. The molecule has 1 amide bonds. The summed E-state index contributed by atoms with van der Waals surface area (Å²) in [6.07, 6.45) is 0. The molecule has 0 N–H and O–H groups in total. The highest BCUT2D eigenvalue weighted by Crippen LogP contribution is 2.35. The van der Waals surface area contributed by atoms with Crippen molar-refractivity contribution in [3.05, 3.63) is 35.3 Å². The monoisotopic (exact) mass is 454 g/mol. The number of fused-ring (bicyclic) bond motifs is 1. The summed E-state index contributed by atoms with van der Waals surface area (Å²) in [6, 6.07) is 5.63. The zero-order valence-electron chi connectivity index (χ0n) is 19.8. The Balaban J connectivity index is 1.76. The van der Waals surface area contributed by atoms with Crippen molar-refractivity contribution in [3.8, 4) is 22.6 Å². The molecular weight excluding hydrogens is 424 g/mol. The van der Waals surface area contributed by atoms with E-state index in [1.807, 2.05) is 30.0 Å². The van der Waals surface area contributed by atoms with Crippen molar-refractivity contribution in [2.24, 2.45) is 0 Å². The zero-order valence-corrected chi connectivity index (χ0v) is 19.8. The Bertz CT molecular complexity index is 1150. The summed E-state index contributed by atoms with van der Waals surface area (Å²) in [5.74, 6) is 1.11. The van der Waals surface area contributed by atoms with Crippen molar-refractivity contribution in [1.82, 2.24) is 29.6 Å². The van der Waals surface area contributed by atoms with Crippen LogP contribution in [0.5, 0.6) is 11.5 Å². The zero-order chi connectivity index (χ0) is 23.5. The molecule has 0 radical (unpaired) electrons. The molecule has 0 saturated carbocycles. The van der Waals surface area contributed by atoms with Gasteiger partial charge in [0, 0.05) is 33.3 Å². The summed E-state index contributed by atoms with van der Waals surface area (Å²) in [6.45, 7) is 8.33. The van der Waals surface area contributed by atoms with Gasteiger partial charge in [0.05, 0.1) is 37.8 Å². The molecule has 0 atom stereocenters. The van der Waals surface area contributed by atoms with E-state index in [1.165, 1.54) is 0 Å². The Morgan fingerprint density at radius 3 is 2.39 bits per heavy atom. The summed E-state index contributed by atoms with van der Waals surface area (Å²) in [4.78, 5) is 17.4. The first-order valence-electron chi connectivity index (χ1n) is 11.0. The SMILES string of the molecule is CCN1CCN(C(=O)c2nnc3c(-c4ccc(OC)c(OC)c4)c(COC)nn3c2C)CC1. The van der Waals surface area contributed by atoms with Crippen LogP contribution in [0, 0.1) is 6.92 Å². The number of amides is 1. The highest BCUT2D eigenvalue weighted by Gasteiger charge is 2.27. The number of aromatic nitrogens is 4. The molecule has 33 heavy (non-hydrogen) atoms. The second-order valence-corrected chi connectivity index (χ2v) is 7.92. The minimum Gasteiger partial charge on any atom is -0.493 e. The topological polar surface area (TPSA) is 94.3 Å². The van der Waals surface area contributed by atoms with Crippen LogP contribution < -0.4 is 9.47 Å². The van der Waals surface area contributed by atoms with Crippen LogP contribution in [0.4, 0.5) is 0 Å². The van der Waals surface area contributed by atoms with E-state index >= 15 is 0 Å². The minimum atomic E-state index is -0.117. The van der Waals surface area contributed by atoms with Crippen molar-refractivity contribution < 1.29 is 19.0 Å². The lowest BCUT2D eigenvalue weighted by molar-refractivity contribution is 0.0634. The number of nitrogens with zero attached hydrogens (tertiary/aromatic N) is 6. The second kappa shape index (κ2) is 9.72. The fourth-order valence-electron chi connectivity index (χ4n) is 4.19. The highest BCUT2D eigenvalue weighted by atomic mass is 16.5. The van der Waals surface area contributed by atoms with Crippen molar-refractivity contribution in [2.75, 3.05) is 54.1 Å². The molecule has 4 rings (SSSR count). The molecular formula is C23H30N6O4. The average molecular weight is 455 g/mol.